The van der Waals surface area contributed by atoms with E-state index in [1.54, 1.807) is 13.0 Å². The van der Waals surface area contributed by atoms with Gasteiger partial charge in [-0.25, -0.2) is 4.39 Å². The molecule has 0 aliphatic heterocycles. The molecule has 0 fully saturated rings. The van der Waals surface area contributed by atoms with Crippen molar-refractivity contribution in [3.8, 4) is 0 Å². The third kappa shape index (κ3) is 2.23. The van der Waals surface area contributed by atoms with Crippen molar-refractivity contribution in [1.29, 1.82) is 0 Å². The monoisotopic (exact) mass is 197 g/mol. The van der Waals surface area contributed by atoms with Gasteiger partial charge >= 0.3 is 0 Å². The Morgan fingerprint density at radius 3 is 2.64 bits per heavy atom. The molecular weight excluding hydrogens is 181 g/mol. The minimum atomic E-state index is -0.644. The van der Waals surface area contributed by atoms with Crippen molar-refractivity contribution in [2.24, 2.45) is 0 Å². The van der Waals surface area contributed by atoms with Crippen LogP contribution in [0.3, 0.4) is 0 Å². The van der Waals surface area contributed by atoms with Crippen molar-refractivity contribution >= 4 is 5.69 Å². The van der Waals surface area contributed by atoms with E-state index in [4.69, 9.17) is 0 Å². The van der Waals surface area contributed by atoms with Crippen LogP contribution in [0.2, 0.25) is 0 Å². The van der Waals surface area contributed by atoms with Crippen LogP contribution in [-0.2, 0) is 0 Å². The molecule has 0 heterocycles. The molecule has 1 atom stereocenters. The van der Waals surface area contributed by atoms with Crippen molar-refractivity contribution < 1.29 is 9.50 Å². The lowest BCUT2D eigenvalue weighted by molar-refractivity contribution is 0.199. The number of aliphatic hydroxyl groups is 1. The topological polar surface area (TPSA) is 23.5 Å². The fourth-order valence-corrected chi connectivity index (χ4v) is 1.38. The third-order valence-electron chi connectivity index (χ3n) is 2.33. The summed E-state index contributed by atoms with van der Waals surface area (Å²) >= 11 is 0. The lowest BCUT2D eigenvalue weighted by Crippen LogP contribution is -2.18. The Kier molecular flexibility index (Phi) is 3.47. The van der Waals surface area contributed by atoms with Gasteiger partial charge in [0.1, 0.15) is 5.82 Å². The smallest absolute Gasteiger partial charge is 0.123 e. The maximum absolute atomic E-state index is 12.9. The predicted octanol–water partition coefficient (Wildman–Crippen LogP) is 2.34. The Labute approximate surface area is 84.0 Å². The highest BCUT2D eigenvalue weighted by Gasteiger charge is 2.11. The average molecular weight is 197 g/mol. The van der Waals surface area contributed by atoms with Crippen LogP contribution in [0.1, 0.15) is 25.5 Å². The molecule has 1 aromatic carbocycles. The second-order valence-electron chi connectivity index (χ2n) is 3.39. The summed E-state index contributed by atoms with van der Waals surface area (Å²) < 4.78 is 12.9. The largest absolute Gasteiger partial charge is 0.389 e. The predicted molar refractivity (Wildman–Crippen MR) is 56.0 cm³/mol. The second-order valence-corrected chi connectivity index (χ2v) is 3.39. The molecule has 0 radical (unpaired) electrons. The molecule has 0 aliphatic rings. The van der Waals surface area contributed by atoms with Crippen LogP contribution in [0.25, 0.3) is 0 Å². The van der Waals surface area contributed by atoms with Crippen molar-refractivity contribution in [1.82, 2.24) is 0 Å². The van der Waals surface area contributed by atoms with Crippen LogP contribution in [0.15, 0.2) is 18.2 Å². The zero-order valence-electron chi connectivity index (χ0n) is 8.79. The van der Waals surface area contributed by atoms with Crippen LogP contribution >= 0.6 is 0 Å². The van der Waals surface area contributed by atoms with Crippen LogP contribution in [0.4, 0.5) is 10.1 Å². The van der Waals surface area contributed by atoms with Crippen LogP contribution in [-0.4, -0.2) is 18.7 Å². The van der Waals surface area contributed by atoms with Gasteiger partial charge in [-0.2, -0.15) is 0 Å². The average Bonchev–Trinajstić information content (AvgIpc) is 2.16. The molecule has 2 nitrogen and oxygen atoms in total. The quantitative estimate of drug-likeness (QED) is 0.804. The van der Waals surface area contributed by atoms with E-state index < -0.39 is 6.10 Å². The number of hydrogen-bond donors (Lipinski definition) is 1. The normalized spacial score (nSPS) is 12.6. The molecule has 0 saturated heterocycles. The van der Waals surface area contributed by atoms with E-state index in [1.165, 1.54) is 12.1 Å². The Morgan fingerprint density at radius 1 is 1.50 bits per heavy atom. The van der Waals surface area contributed by atoms with E-state index in [-0.39, 0.29) is 5.82 Å². The summed E-state index contributed by atoms with van der Waals surface area (Å²) in [5, 5.41) is 9.48. The summed E-state index contributed by atoms with van der Waals surface area (Å²) in [5.41, 5.74) is 1.51. The zero-order chi connectivity index (χ0) is 10.7. The first-order valence-corrected chi connectivity index (χ1v) is 4.75. The SMILES string of the molecule is CCN(C)c1ccc(F)cc1[C@H](C)O. The standard InChI is InChI=1S/C11H16FNO/c1-4-13(3)11-6-5-9(12)7-10(11)8(2)14/h5-8,14H,4H2,1-3H3/t8-/m0/s1. The maximum Gasteiger partial charge on any atom is 0.123 e. The maximum atomic E-state index is 12.9. The van der Waals surface area contributed by atoms with Gasteiger partial charge in [0.05, 0.1) is 6.10 Å². The number of nitrogens with zero attached hydrogens (tertiary/aromatic N) is 1. The van der Waals surface area contributed by atoms with Crippen molar-refractivity contribution in [2.75, 3.05) is 18.5 Å². The first kappa shape index (κ1) is 11.0. The summed E-state index contributed by atoms with van der Waals surface area (Å²) in [7, 11) is 1.92. The highest BCUT2D eigenvalue weighted by molar-refractivity contribution is 5.54. The summed E-state index contributed by atoms with van der Waals surface area (Å²) in [6.45, 7) is 4.47. The molecule has 0 unspecified atom stereocenters. The number of halogens is 1. The highest BCUT2D eigenvalue weighted by atomic mass is 19.1. The summed E-state index contributed by atoms with van der Waals surface area (Å²) in [6.07, 6.45) is -0.644. The van der Waals surface area contributed by atoms with Gasteiger partial charge in [0, 0.05) is 24.8 Å². The number of benzene rings is 1. The van der Waals surface area contributed by atoms with Crippen molar-refractivity contribution in [3.05, 3.63) is 29.6 Å². The van der Waals surface area contributed by atoms with Gasteiger partial charge in [0.25, 0.3) is 0 Å². The first-order chi connectivity index (χ1) is 6.56. The van der Waals surface area contributed by atoms with E-state index in [1.807, 2.05) is 18.9 Å². The van der Waals surface area contributed by atoms with E-state index in [0.717, 1.165) is 12.2 Å². The fraction of sp³-hybridized carbons (Fsp3) is 0.455. The number of hydrogen-bond acceptors (Lipinski definition) is 2. The van der Waals surface area contributed by atoms with Crippen LogP contribution in [0.5, 0.6) is 0 Å². The van der Waals surface area contributed by atoms with Crippen LogP contribution in [0, 0.1) is 5.82 Å². The minimum Gasteiger partial charge on any atom is -0.389 e. The van der Waals surface area contributed by atoms with Gasteiger partial charge in [0.2, 0.25) is 0 Å². The third-order valence-corrected chi connectivity index (χ3v) is 2.33. The number of aliphatic hydroxyl groups excluding tert-OH is 1. The van der Waals surface area contributed by atoms with E-state index >= 15 is 0 Å². The molecule has 0 bridgehead atoms. The second kappa shape index (κ2) is 4.42. The number of rotatable bonds is 3. The summed E-state index contributed by atoms with van der Waals surface area (Å²) in [4.78, 5) is 1.97. The Hall–Kier alpha value is -1.09. The molecule has 0 spiro atoms. The first-order valence-electron chi connectivity index (χ1n) is 4.75. The Bertz CT molecular complexity index is 312. The number of anilines is 1. The van der Waals surface area contributed by atoms with E-state index in [0.29, 0.717) is 5.56 Å². The molecule has 0 saturated carbocycles. The molecule has 78 valence electrons. The molecule has 1 aromatic rings. The molecule has 0 aliphatic carbocycles. The van der Waals surface area contributed by atoms with Gasteiger partial charge in [-0.05, 0) is 32.0 Å². The minimum absolute atomic E-state index is 0.311. The van der Waals surface area contributed by atoms with Crippen molar-refractivity contribution in [2.45, 2.75) is 20.0 Å². The summed E-state index contributed by atoms with van der Waals surface area (Å²) in [5.74, 6) is -0.311. The molecule has 0 aromatic heterocycles. The zero-order valence-corrected chi connectivity index (χ0v) is 8.79. The lowest BCUT2D eigenvalue weighted by Gasteiger charge is -2.21. The van der Waals surface area contributed by atoms with E-state index in [9.17, 15) is 9.50 Å². The molecule has 14 heavy (non-hydrogen) atoms. The van der Waals surface area contributed by atoms with E-state index in [2.05, 4.69) is 0 Å². The molecule has 3 heteroatoms. The Balaban J connectivity index is 3.14. The Morgan fingerprint density at radius 2 is 2.14 bits per heavy atom. The lowest BCUT2D eigenvalue weighted by atomic mass is 10.1. The highest BCUT2D eigenvalue weighted by Crippen LogP contribution is 2.26. The van der Waals surface area contributed by atoms with Crippen LogP contribution < -0.4 is 4.90 Å². The van der Waals surface area contributed by atoms with Gasteiger partial charge in [-0.1, -0.05) is 0 Å². The molecular formula is C11H16FNO. The van der Waals surface area contributed by atoms with Gasteiger partial charge < -0.3 is 10.0 Å². The molecule has 0 amide bonds. The van der Waals surface area contributed by atoms with Gasteiger partial charge in [-0.15, -0.1) is 0 Å². The molecule has 1 N–H and O–H groups in total. The summed E-state index contributed by atoms with van der Waals surface area (Å²) in [6, 6.07) is 4.49. The van der Waals surface area contributed by atoms with Crippen molar-refractivity contribution in [3.63, 3.8) is 0 Å². The van der Waals surface area contributed by atoms with Gasteiger partial charge in [-0.3, -0.25) is 0 Å². The van der Waals surface area contributed by atoms with Gasteiger partial charge in [0.15, 0.2) is 0 Å². The fourth-order valence-electron chi connectivity index (χ4n) is 1.38. The molecule has 1 rings (SSSR count).